The van der Waals surface area contributed by atoms with Crippen molar-refractivity contribution in [3.63, 3.8) is 0 Å². The summed E-state index contributed by atoms with van der Waals surface area (Å²) in [5.74, 6) is 1.75. The Hall–Kier alpha value is -1.51. The van der Waals surface area contributed by atoms with Crippen LogP contribution in [-0.2, 0) is 20.1 Å². The van der Waals surface area contributed by atoms with E-state index in [9.17, 15) is 0 Å². The first-order valence-corrected chi connectivity index (χ1v) is 5.53. The van der Waals surface area contributed by atoms with E-state index in [2.05, 4.69) is 28.6 Å². The van der Waals surface area contributed by atoms with Gasteiger partial charge in [0.2, 0.25) is 0 Å². The molecule has 0 aromatic heterocycles. The second kappa shape index (κ2) is 4.01. The molecule has 18 heavy (non-hydrogen) atoms. The number of para-hydroxylation sites is 2. The summed E-state index contributed by atoms with van der Waals surface area (Å²) in [6.45, 7) is 2.06. The third-order valence-electron chi connectivity index (χ3n) is 3.15. The monoisotopic (exact) mass is 415 g/mol. The van der Waals surface area contributed by atoms with Gasteiger partial charge in [-0.05, 0) is 19.2 Å². The van der Waals surface area contributed by atoms with Crippen LogP contribution in [0.2, 0.25) is 0 Å². The van der Waals surface area contributed by atoms with Gasteiger partial charge in [0.1, 0.15) is 5.75 Å². The van der Waals surface area contributed by atoms with E-state index in [4.69, 9.17) is 4.74 Å². The Labute approximate surface area is 119 Å². The Morgan fingerprint density at radius 3 is 2.89 bits per heavy atom. The van der Waals surface area contributed by atoms with Crippen molar-refractivity contribution in [2.45, 2.75) is 0 Å². The molecule has 0 bridgehead atoms. The van der Waals surface area contributed by atoms with E-state index in [0.717, 1.165) is 28.6 Å². The molecule has 2 aliphatic rings. The van der Waals surface area contributed by atoms with Gasteiger partial charge in [0.15, 0.2) is 0 Å². The van der Waals surface area contributed by atoms with Crippen LogP contribution >= 0.6 is 0 Å². The van der Waals surface area contributed by atoms with Crippen molar-refractivity contribution in [3.05, 3.63) is 49.1 Å². The normalized spacial score (nSPS) is 14.5. The van der Waals surface area contributed by atoms with Crippen molar-refractivity contribution in [3.8, 4) is 11.5 Å². The van der Waals surface area contributed by atoms with Crippen molar-refractivity contribution >= 4 is 17.1 Å². The number of nitrogens with zero attached hydrogens (tertiary/aromatic N) is 2. The van der Waals surface area contributed by atoms with Gasteiger partial charge in [-0.1, -0.05) is 11.8 Å². The maximum atomic E-state index is 5.90. The summed E-state index contributed by atoms with van der Waals surface area (Å²) in [4.78, 5) is 4.22. The number of benzene rings is 2. The predicted octanol–water partition coefficient (Wildman–Crippen LogP) is 3.30. The molecule has 4 rings (SSSR count). The maximum absolute atomic E-state index is 5.90. The molecule has 0 saturated carbocycles. The van der Waals surface area contributed by atoms with Crippen molar-refractivity contribution in [2.75, 3.05) is 16.8 Å². The Balaban J connectivity index is 0.000001000. The molecule has 2 heterocycles. The maximum Gasteiger partial charge on any atom is 0.134 e. The van der Waals surface area contributed by atoms with E-state index in [0.29, 0.717) is 0 Å². The van der Waals surface area contributed by atoms with Crippen LogP contribution in [0.25, 0.3) is 0 Å². The van der Waals surface area contributed by atoms with Crippen LogP contribution in [0.5, 0.6) is 11.5 Å². The molecule has 2 aromatic carbocycles. The third-order valence-corrected chi connectivity index (χ3v) is 3.15. The zero-order chi connectivity index (χ0) is 11.4. The van der Waals surface area contributed by atoms with E-state index < -0.39 is 0 Å². The van der Waals surface area contributed by atoms with E-state index >= 15 is 0 Å². The predicted molar refractivity (Wildman–Crippen MR) is 66.6 cm³/mol. The van der Waals surface area contributed by atoms with Gasteiger partial charge >= 0.3 is 0 Å². The average Bonchev–Trinajstić information content (AvgIpc) is 2.70. The van der Waals surface area contributed by atoms with Gasteiger partial charge in [0.05, 0.1) is 5.69 Å². The van der Waals surface area contributed by atoms with E-state index in [-0.39, 0.29) is 20.1 Å². The summed E-state index contributed by atoms with van der Waals surface area (Å²) in [5, 5.41) is 0. The molecule has 93 valence electrons. The zero-order valence-corrected chi connectivity index (χ0v) is 12.1. The molecule has 0 spiro atoms. The molecule has 0 fully saturated rings. The molecular formula is C14H10IrN2O-2. The van der Waals surface area contributed by atoms with Crippen molar-refractivity contribution in [2.24, 2.45) is 0 Å². The molecule has 2 aromatic rings. The van der Waals surface area contributed by atoms with Gasteiger partial charge < -0.3 is 14.5 Å². The molecule has 1 radical (unpaired) electrons. The van der Waals surface area contributed by atoms with Crippen LogP contribution in [0.1, 0.15) is 0 Å². The number of hydrogen-bond donors (Lipinski definition) is 0. The van der Waals surface area contributed by atoms with Crippen molar-refractivity contribution in [1.29, 1.82) is 0 Å². The Morgan fingerprint density at radius 1 is 1.17 bits per heavy atom. The van der Waals surface area contributed by atoms with Crippen LogP contribution in [-0.4, -0.2) is 7.05 Å². The molecule has 0 saturated heterocycles. The standard InChI is InChI=1S/C14H10N2O.Ir/c1-15-9-16-10-5-2-3-7-12(10)17-13-8-4-6-11(15)14(13)16;/h2-4,6-9H,1H3;/q-2;. The van der Waals surface area contributed by atoms with E-state index in [1.165, 1.54) is 0 Å². The first kappa shape index (κ1) is 11.6. The fourth-order valence-corrected chi connectivity index (χ4v) is 2.38. The zero-order valence-electron chi connectivity index (χ0n) is 9.68. The van der Waals surface area contributed by atoms with E-state index in [1.807, 2.05) is 37.4 Å². The summed E-state index contributed by atoms with van der Waals surface area (Å²) in [5.41, 5.74) is 3.23. The minimum atomic E-state index is 0. The number of anilines is 3. The summed E-state index contributed by atoms with van der Waals surface area (Å²) >= 11 is 0. The second-order valence-electron chi connectivity index (χ2n) is 4.21. The number of fused-ring (bicyclic) bond motifs is 2. The molecule has 0 aliphatic carbocycles. The second-order valence-corrected chi connectivity index (χ2v) is 4.21. The first-order valence-electron chi connectivity index (χ1n) is 5.53. The van der Waals surface area contributed by atoms with Crippen LogP contribution in [0.4, 0.5) is 17.1 Å². The first-order chi connectivity index (χ1) is 8.34. The minimum Gasteiger partial charge on any atom is -0.513 e. The summed E-state index contributed by atoms with van der Waals surface area (Å²) < 4.78 is 5.90. The summed E-state index contributed by atoms with van der Waals surface area (Å²) in [7, 11) is 2.04. The van der Waals surface area contributed by atoms with Gasteiger partial charge in [-0.2, -0.15) is 24.9 Å². The summed E-state index contributed by atoms with van der Waals surface area (Å²) in [6, 6.07) is 15.1. The number of rotatable bonds is 0. The molecule has 3 nitrogen and oxygen atoms in total. The smallest absolute Gasteiger partial charge is 0.134 e. The van der Waals surface area contributed by atoms with Crippen molar-refractivity contribution < 1.29 is 24.8 Å². The average molecular weight is 414 g/mol. The van der Waals surface area contributed by atoms with Gasteiger partial charge in [-0.15, -0.1) is 6.07 Å². The molecule has 4 heteroatoms. The topological polar surface area (TPSA) is 15.7 Å². The Bertz CT molecular complexity index is 614. The minimum absolute atomic E-state index is 0. The van der Waals surface area contributed by atoms with Crippen LogP contribution in [0, 0.1) is 12.7 Å². The fourth-order valence-electron chi connectivity index (χ4n) is 2.38. The van der Waals surface area contributed by atoms with Gasteiger partial charge in [0, 0.05) is 31.5 Å². The molecule has 0 N–H and O–H groups in total. The van der Waals surface area contributed by atoms with E-state index in [1.54, 1.807) is 0 Å². The van der Waals surface area contributed by atoms with Gasteiger partial charge in [0.25, 0.3) is 0 Å². The molecule has 0 unspecified atom stereocenters. The fraction of sp³-hybridized carbons (Fsp3) is 0.0714. The Morgan fingerprint density at radius 2 is 2.00 bits per heavy atom. The largest absolute Gasteiger partial charge is 0.513 e. The van der Waals surface area contributed by atoms with Crippen LogP contribution < -0.4 is 14.5 Å². The molecule has 0 amide bonds. The van der Waals surface area contributed by atoms with Crippen molar-refractivity contribution in [1.82, 2.24) is 0 Å². The number of hydrogen-bond acceptors (Lipinski definition) is 3. The molecule has 0 atom stereocenters. The quantitative estimate of drug-likeness (QED) is 0.616. The Kier molecular flexibility index (Phi) is 2.58. The van der Waals surface area contributed by atoms with Crippen LogP contribution in [0.15, 0.2) is 36.4 Å². The third kappa shape index (κ3) is 1.39. The summed E-state index contributed by atoms with van der Waals surface area (Å²) in [6.07, 6.45) is 0. The van der Waals surface area contributed by atoms with Gasteiger partial charge in [-0.25, -0.2) is 0 Å². The van der Waals surface area contributed by atoms with Crippen LogP contribution in [0.3, 0.4) is 0 Å². The SMILES string of the molecule is CN1[CH-]N2c3[c-]cccc3Oc3cccc1c32.[Ir]. The number of ether oxygens (including phenoxy) is 1. The molecular weight excluding hydrogens is 404 g/mol. The van der Waals surface area contributed by atoms with Gasteiger partial charge in [-0.3, -0.25) is 0 Å². The molecule has 2 aliphatic heterocycles.